The summed E-state index contributed by atoms with van der Waals surface area (Å²) in [5.74, 6) is -4.92. The van der Waals surface area contributed by atoms with E-state index in [0.717, 1.165) is 13.7 Å². The molecule has 45 heteroatoms. The Hall–Kier alpha value is -9.96. The lowest BCUT2D eigenvalue weighted by molar-refractivity contribution is -0.152. The lowest BCUT2D eigenvalue weighted by Crippen LogP contribution is -2.47. The Labute approximate surface area is 699 Å². The highest BCUT2D eigenvalue weighted by Crippen LogP contribution is 2.58. The summed E-state index contributed by atoms with van der Waals surface area (Å²) in [5, 5.41) is 32.9. The number of nitrogen functional groups attached to an aromatic ring is 3. The van der Waals surface area contributed by atoms with E-state index < -0.39 is 223 Å². The van der Waals surface area contributed by atoms with Crippen molar-refractivity contribution >= 4 is 91.6 Å². The summed E-state index contributed by atoms with van der Waals surface area (Å²) in [6, 6.07) is 28.1. The lowest BCUT2D eigenvalue weighted by atomic mass is 9.95. The Morgan fingerprint density at radius 1 is 0.423 bits per heavy atom. The third-order valence-corrected chi connectivity index (χ3v) is 26.2. The second-order valence-electron chi connectivity index (χ2n) is 30.8. The molecule has 0 spiro atoms. The van der Waals surface area contributed by atoms with E-state index in [0.29, 0.717) is 0 Å². The number of nitrogens with two attached hydrogens (primary N) is 3. The number of H-pyrrole nitrogens is 3. The largest absolute Gasteiger partial charge is 0.463 e. The van der Waals surface area contributed by atoms with Crippen LogP contribution in [0.2, 0.25) is 0 Å². The van der Waals surface area contributed by atoms with Gasteiger partial charge in [-0.2, -0.15) is 15.0 Å². The molecule has 0 bridgehead atoms. The van der Waals surface area contributed by atoms with Crippen LogP contribution in [0.3, 0.4) is 0 Å². The summed E-state index contributed by atoms with van der Waals surface area (Å²) in [6.07, 6.45) is -19.0. The Morgan fingerprint density at radius 3 is 0.862 bits per heavy atom. The summed E-state index contributed by atoms with van der Waals surface area (Å²) in [6.45, 7) is 13.5. The van der Waals surface area contributed by atoms with E-state index in [1.807, 2.05) is 0 Å². The number of fused-ring (bicyclic) bond motifs is 3. The van der Waals surface area contributed by atoms with Crippen LogP contribution in [0.1, 0.15) is 102 Å². The number of nitrogens with zero attached hydrogens (tertiary/aromatic N) is 6. The first kappa shape index (κ1) is 95.3. The van der Waals surface area contributed by atoms with Gasteiger partial charge in [0.1, 0.15) is 73.9 Å². The molecule has 0 aliphatic carbocycles. The van der Waals surface area contributed by atoms with E-state index in [1.54, 1.807) is 96.1 Å². The molecule has 3 aliphatic rings. The molecule has 21 atom stereocenters. The molecule has 12 N–H and O–H groups in total. The fourth-order valence-electron chi connectivity index (χ4n) is 13.9. The van der Waals surface area contributed by atoms with Gasteiger partial charge in [0.05, 0.1) is 89.0 Å². The average molecular weight is 1800 g/mol. The van der Waals surface area contributed by atoms with Crippen LogP contribution in [0.5, 0.6) is 17.2 Å². The highest BCUT2D eigenvalue weighted by molar-refractivity contribution is 7.55. The minimum atomic E-state index is -4.20. The van der Waals surface area contributed by atoms with Crippen LogP contribution in [0.15, 0.2) is 142 Å². The van der Waals surface area contributed by atoms with Gasteiger partial charge in [0.15, 0.2) is 35.6 Å². The number of aromatic amines is 3. The molecule has 3 aromatic carbocycles. The molecule has 123 heavy (non-hydrogen) atoms. The summed E-state index contributed by atoms with van der Waals surface area (Å²) in [4.78, 5) is 93.1. The van der Waals surface area contributed by atoms with Gasteiger partial charge in [0.25, 0.3) is 16.7 Å². The highest BCUT2D eigenvalue weighted by atomic mass is 31.2. The number of esters is 3. The second-order valence-corrected chi connectivity index (χ2v) is 36.7. The first-order chi connectivity index (χ1) is 57.8. The smallest absolute Gasteiger partial charge is 0.380 e. The van der Waals surface area contributed by atoms with E-state index in [9.17, 15) is 71.0 Å². The number of aliphatic hydroxyl groups is 3. The number of aromatic nitrogens is 9. The fourth-order valence-corrected chi connectivity index (χ4v) is 20.2. The number of hydrogen-bond acceptors (Lipinski definition) is 30. The van der Waals surface area contributed by atoms with Crippen molar-refractivity contribution in [3.05, 3.63) is 159 Å². The number of rotatable bonds is 33. The summed E-state index contributed by atoms with van der Waals surface area (Å²) in [5.41, 5.74) is 5.80. The molecule has 0 radical (unpaired) electrons. The zero-order valence-corrected chi connectivity index (χ0v) is 71.4. The predicted octanol–water partition coefficient (Wildman–Crippen LogP) is 10.5. The van der Waals surface area contributed by atoms with Crippen LogP contribution >= 0.6 is 22.8 Å². The third-order valence-electron chi connectivity index (χ3n) is 19.8. The molecule has 12 rings (SSSR count). The number of aliphatic hydroxyl groups excluding tert-OH is 3. The van der Waals surface area contributed by atoms with Gasteiger partial charge in [-0.1, -0.05) is 75.4 Å². The van der Waals surface area contributed by atoms with Crippen molar-refractivity contribution in [1.82, 2.24) is 43.6 Å². The van der Waals surface area contributed by atoms with Gasteiger partial charge in [0.2, 0.25) is 34.9 Å². The molecule has 9 heterocycles. The van der Waals surface area contributed by atoms with Crippen molar-refractivity contribution in [2.24, 2.45) is 17.8 Å². The Morgan fingerprint density at radius 2 is 0.650 bits per heavy atom. The third kappa shape index (κ3) is 21.5. The van der Waals surface area contributed by atoms with Gasteiger partial charge in [-0.05, 0) is 117 Å². The standard InChI is InChI=1S/3C26H33F2N4O8P/c3*1-14(2)37-23(35)15(3)12-41(36,40-17-8-6-5-7-9-17)39-16(4)19-20(33)26(28,13-27)24(38-19)32-11-10-18-21(32)30-25(29)31-22(18)34/h3*5-11,14-16,19-20,24,33H,12-13H2,1-4H3,(H3,29,30,31,34)/t15-,16-,19-,20+,24-,26?,41?;15-,16-,19-,20+,24-,26?,41+;15-,16-,19-,20+,24-,26?,41-/m111/s1. The molecule has 672 valence electrons. The topological polar surface area (TPSA) is 504 Å². The Bertz CT molecular complexity index is 4980. The lowest BCUT2D eigenvalue weighted by Gasteiger charge is -2.29. The highest BCUT2D eigenvalue weighted by Gasteiger charge is 2.64. The van der Waals surface area contributed by atoms with Crippen LogP contribution in [0, 0.1) is 17.8 Å². The number of carbonyl (C=O) groups excluding carboxylic acids is 3. The van der Waals surface area contributed by atoms with Crippen LogP contribution in [-0.4, -0.2) is 206 Å². The normalized spacial score (nSPS) is 25.6. The predicted molar refractivity (Wildman–Crippen MR) is 435 cm³/mol. The number of benzene rings is 3. The molecule has 4 unspecified atom stereocenters. The average Bonchev–Trinajstić information content (AvgIpc) is 1.59. The molecule has 3 saturated heterocycles. The number of ether oxygens (including phenoxy) is 6. The number of alkyl halides is 6. The number of para-hydroxylation sites is 3. The van der Waals surface area contributed by atoms with Crippen molar-refractivity contribution in [3.63, 3.8) is 0 Å². The molecule has 6 aromatic heterocycles. The maximum atomic E-state index is 16.1. The zero-order chi connectivity index (χ0) is 90.3. The van der Waals surface area contributed by atoms with Crippen molar-refractivity contribution in [2.75, 3.05) is 55.7 Å². The summed E-state index contributed by atoms with van der Waals surface area (Å²) in [7, 11) is -12.6. The van der Waals surface area contributed by atoms with Gasteiger partial charge in [-0.25, -0.2) is 40.0 Å². The second kappa shape index (κ2) is 39.1. The van der Waals surface area contributed by atoms with Crippen molar-refractivity contribution in [2.45, 2.75) is 192 Å². The monoisotopic (exact) mass is 1790 g/mol. The van der Waals surface area contributed by atoms with Crippen molar-refractivity contribution in [3.8, 4) is 17.2 Å². The van der Waals surface area contributed by atoms with Crippen LogP contribution in [-0.2, 0) is 70.1 Å². The molecule has 0 saturated carbocycles. The molecule has 3 aliphatic heterocycles. The summed E-state index contributed by atoms with van der Waals surface area (Å²) < 4.78 is 204. The Balaban J connectivity index is 0.000000193. The van der Waals surface area contributed by atoms with E-state index in [4.69, 9.17) is 72.8 Å². The SMILES string of the molecule is CC(C)OC(=O)[C@H](C)CP(=O)(Oc1ccccc1)O[C@H](C)[C@H]1O[C@@H](n2ccc3c(=O)[nH]c(N)nc32)C(F)(CF)[C@H]1O.CC(C)OC(=O)[C@H](C)C[P@@](=O)(Oc1ccccc1)O[C@H](C)[C@H]1O[C@@H](n2ccc3c(=O)[nH]c(N)nc32)C(F)(CF)[C@H]1O.CC(C)OC(=O)[C@H](C)C[P@](=O)(Oc1ccccc1)O[C@H](C)[C@H]1O[C@@H](n2ccc3c(=O)[nH]c(N)nc32)C(F)(CF)[C@H]1O. The van der Waals surface area contributed by atoms with Gasteiger partial charge in [0, 0.05) is 18.6 Å². The first-order valence-electron chi connectivity index (χ1n) is 38.9. The first-order valence-corrected chi connectivity index (χ1v) is 44.0. The minimum absolute atomic E-state index is 0.0364. The molecule has 0 amide bonds. The van der Waals surface area contributed by atoms with Gasteiger partial charge >= 0.3 is 40.7 Å². The number of anilines is 3. The molecule has 9 aromatic rings. The maximum absolute atomic E-state index is 16.1. The van der Waals surface area contributed by atoms with Gasteiger partial charge < -0.3 is 88.2 Å². The van der Waals surface area contributed by atoms with Gasteiger partial charge in [-0.15, -0.1) is 0 Å². The molecular weight excluding hydrogens is 1700 g/mol. The Kier molecular flexibility index (Phi) is 30.3. The van der Waals surface area contributed by atoms with E-state index in [2.05, 4.69) is 29.9 Å². The maximum Gasteiger partial charge on any atom is 0.380 e. The van der Waals surface area contributed by atoms with E-state index in [-0.39, 0.29) is 68.2 Å². The fraction of sp³-hybridized carbons (Fsp3) is 0.500. The van der Waals surface area contributed by atoms with Crippen molar-refractivity contribution in [1.29, 1.82) is 0 Å². The van der Waals surface area contributed by atoms with Gasteiger partial charge in [-0.3, -0.25) is 57.3 Å². The number of carbonyl (C=O) groups is 3. The van der Waals surface area contributed by atoms with Crippen molar-refractivity contribution < 1.29 is 125 Å². The molecule has 36 nitrogen and oxygen atoms in total. The zero-order valence-electron chi connectivity index (χ0n) is 68.7. The molecule has 3 fully saturated rings. The van der Waals surface area contributed by atoms with Crippen LogP contribution in [0.25, 0.3) is 33.1 Å². The number of hydrogen-bond donors (Lipinski definition) is 9. The quantitative estimate of drug-likeness (QED) is 0.00798. The van der Waals surface area contributed by atoms with Crippen LogP contribution in [0.4, 0.5) is 44.2 Å². The van der Waals surface area contributed by atoms with E-state index in [1.165, 1.54) is 115 Å². The number of nitrogens with one attached hydrogen (secondary N) is 3. The van der Waals surface area contributed by atoms with Crippen LogP contribution < -0.4 is 47.5 Å². The van der Waals surface area contributed by atoms with E-state index >= 15 is 13.2 Å². The summed E-state index contributed by atoms with van der Waals surface area (Å²) >= 11 is 0. The minimum Gasteiger partial charge on any atom is -0.463 e. The number of halogens is 6. The molecular formula is C78H99F6N12O24P3.